The minimum atomic E-state index is 0.0620. The molecule has 0 aliphatic heterocycles. The van der Waals surface area contributed by atoms with Crippen LogP contribution in [0.3, 0.4) is 0 Å². The molecule has 0 bridgehead atoms. The van der Waals surface area contributed by atoms with E-state index in [-0.39, 0.29) is 5.91 Å². The van der Waals surface area contributed by atoms with Gasteiger partial charge in [0, 0.05) is 11.5 Å². The van der Waals surface area contributed by atoms with Crippen LogP contribution in [0.25, 0.3) is 5.69 Å². The third-order valence-electron chi connectivity index (χ3n) is 4.08. The Kier molecular flexibility index (Phi) is 5.52. The van der Waals surface area contributed by atoms with Gasteiger partial charge in [-0.25, -0.2) is 4.68 Å². The lowest BCUT2D eigenvalue weighted by Crippen LogP contribution is -2.27. The minimum Gasteiger partial charge on any atom is -0.339 e. The van der Waals surface area contributed by atoms with Crippen molar-refractivity contribution in [3.05, 3.63) is 75.5 Å². The topological polar surface area (TPSA) is 51.0 Å². The molecule has 134 valence electrons. The number of hydrogen-bond donors (Lipinski definition) is 0. The number of aryl methyl sites for hydroxylation is 2. The first-order chi connectivity index (χ1) is 12.4. The molecule has 6 heteroatoms. The maximum Gasteiger partial charge on any atom is 0.227 e. The van der Waals surface area contributed by atoms with Gasteiger partial charge in [-0.2, -0.15) is 0 Å². The molecular weight excluding hydrogens is 392 g/mol. The molecule has 5 nitrogen and oxygen atoms in total. The number of likely N-dealkylation sites (N-methyl/N-ethyl adjacent to an activating group) is 1. The molecule has 0 aliphatic carbocycles. The Morgan fingerprint density at radius 2 is 1.88 bits per heavy atom. The average molecular weight is 413 g/mol. The third kappa shape index (κ3) is 4.58. The van der Waals surface area contributed by atoms with Crippen LogP contribution in [-0.2, 0) is 17.8 Å². The normalized spacial score (nSPS) is 10.8. The van der Waals surface area contributed by atoms with Gasteiger partial charge in [0.05, 0.1) is 24.8 Å². The second-order valence-electron chi connectivity index (χ2n) is 6.56. The van der Waals surface area contributed by atoms with Crippen molar-refractivity contribution < 1.29 is 4.79 Å². The van der Waals surface area contributed by atoms with E-state index in [1.165, 1.54) is 11.1 Å². The Labute approximate surface area is 161 Å². The van der Waals surface area contributed by atoms with E-state index in [1.54, 1.807) is 16.6 Å². The number of carbonyl (C=O) groups excluding carboxylic acids is 1. The molecule has 1 heterocycles. The second kappa shape index (κ2) is 7.83. The summed E-state index contributed by atoms with van der Waals surface area (Å²) in [4.78, 5) is 14.2. The predicted molar refractivity (Wildman–Crippen MR) is 105 cm³/mol. The molecule has 1 amide bonds. The van der Waals surface area contributed by atoms with E-state index < -0.39 is 0 Å². The molecule has 0 radical (unpaired) electrons. The standard InChI is InChI=1S/C20H21BrN4O/c1-14-7-15(2)9-16(8-14)10-20(26)24(3)12-18-13-25(23-22-18)19-6-4-5-17(21)11-19/h4-9,11,13H,10,12H2,1-3H3. The van der Waals surface area contributed by atoms with Gasteiger partial charge in [0.2, 0.25) is 5.91 Å². The van der Waals surface area contributed by atoms with Crippen molar-refractivity contribution >= 4 is 21.8 Å². The minimum absolute atomic E-state index is 0.0620. The Hall–Kier alpha value is -2.47. The number of halogens is 1. The van der Waals surface area contributed by atoms with Crippen LogP contribution in [0.4, 0.5) is 0 Å². The summed E-state index contributed by atoms with van der Waals surface area (Å²) >= 11 is 3.45. The quantitative estimate of drug-likeness (QED) is 0.639. The fourth-order valence-corrected chi connectivity index (χ4v) is 3.31. The van der Waals surface area contributed by atoms with Gasteiger partial charge < -0.3 is 4.90 Å². The molecule has 1 aromatic heterocycles. The van der Waals surface area contributed by atoms with Crippen molar-refractivity contribution in [2.24, 2.45) is 0 Å². The summed E-state index contributed by atoms with van der Waals surface area (Å²) in [5.74, 6) is 0.0620. The van der Waals surface area contributed by atoms with E-state index in [1.807, 2.05) is 44.3 Å². The lowest BCUT2D eigenvalue weighted by molar-refractivity contribution is -0.129. The highest BCUT2D eigenvalue weighted by Gasteiger charge is 2.13. The molecule has 0 spiro atoms. The molecule has 3 aromatic rings. The number of aromatic nitrogens is 3. The fraction of sp³-hybridized carbons (Fsp3) is 0.250. The van der Waals surface area contributed by atoms with Crippen molar-refractivity contribution in [1.82, 2.24) is 19.9 Å². The van der Waals surface area contributed by atoms with Crippen LogP contribution in [0.2, 0.25) is 0 Å². The number of rotatable bonds is 5. The first kappa shape index (κ1) is 18.3. The van der Waals surface area contributed by atoms with Gasteiger partial charge in [0.15, 0.2) is 0 Å². The van der Waals surface area contributed by atoms with Crippen LogP contribution >= 0.6 is 15.9 Å². The van der Waals surface area contributed by atoms with Gasteiger partial charge in [-0.05, 0) is 37.6 Å². The summed E-state index contributed by atoms with van der Waals surface area (Å²) in [7, 11) is 1.79. The summed E-state index contributed by atoms with van der Waals surface area (Å²) in [6, 6.07) is 14.1. The molecule has 0 saturated carbocycles. The maximum absolute atomic E-state index is 12.5. The van der Waals surface area contributed by atoms with Crippen LogP contribution in [-0.4, -0.2) is 32.8 Å². The lowest BCUT2D eigenvalue weighted by Gasteiger charge is -2.16. The Balaban J connectivity index is 1.66. The van der Waals surface area contributed by atoms with Crippen molar-refractivity contribution in [3.8, 4) is 5.69 Å². The number of nitrogens with zero attached hydrogens (tertiary/aromatic N) is 4. The van der Waals surface area contributed by atoms with E-state index in [0.29, 0.717) is 13.0 Å². The summed E-state index contributed by atoms with van der Waals surface area (Å²) in [6.45, 7) is 4.52. The van der Waals surface area contributed by atoms with Crippen molar-refractivity contribution in [2.75, 3.05) is 7.05 Å². The molecule has 0 N–H and O–H groups in total. The van der Waals surface area contributed by atoms with Gasteiger partial charge in [-0.1, -0.05) is 56.5 Å². The third-order valence-corrected chi connectivity index (χ3v) is 4.57. The van der Waals surface area contributed by atoms with Crippen LogP contribution < -0.4 is 0 Å². The largest absolute Gasteiger partial charge is 0.339 e. The first-order valence-electron chi connectivity index (χ1n) is 8.39. The molecule has 2 aromatic carbocycles. The van der Waals surface area contributed by atoms with E-state index >= 15 is 0 Å². The number of carbonyl (C=O) groups is 1. The fourth-order valence-electron chi connectivity index (χ4n) is 2.93. The molecule has 0 unspecified atom stereocenters. The van der Waals surface area contributed by atoms with Gasteiger partial charge >= 0.3 is 0 Å². The van der Waals surface area contributed by atoms with Crippen molar-refractivity contribution in [3.63, 3.8) is 0 Å². The zero-order valence-electron chi connectivity index (χ0n) is 15.1. The van der Waals surface area contributed by atoms with Gasteiger partial charge in [0.25, 0.3) is 0 Å². The van der Waals surface area contributed by atoms with E-state index in [4.69, 9.17) is 0 Å². The van der Waals surface area contributed by atoms with E-state index in [9.17, 15) is 4.79 Å². The lowest BCUT2D eigenvalue weighted by atomic mass is 10.0. The number of hydrogen-bond acceptors (Lipinski definition) is 3. The first-order valence-corrected chi connectivity index (χ1v) is 9.18. The summed E-state index contributed by atoms with van der Waals surface area (Å²) in [5.41, 5.74) is 5.06. The SMILES string of the molecule is Cc1cc(C)cc(CC(=O)N(C)Cc2cn(-c3cccc(Br)c3)nn2)c1. The van der Waals surface area contributed by atoms with Crippen LogP contribution in [0.5, 0.6) is 0 Å². The molecule has 26 heavy (non-hydrogen) atoms. The van der Waals surface area contributed by atoms with Crippen LogP contribution in [0.15, 0.2) is 53.1 Å². The molecular formula is C20H21BrN4O. The van der Waals surface area contributed by atoms with Gasteiger partial charge in [0.1, 0.15) is 5.69 Å². The van der Waals surface area contributed by atoms with Crippen LogP contribution in [0.1, 0.15) is 22.4 Å². The number of benzene rings is 2. The monoisotopic (exact) mass is 412 g/mol. The maximum atomic E-state index is 12.5. The summed E-state index contributed by atoms with van der Waals surface area (Å²) < 4.78 is 2.69. The molecule has 0 saturated heterocycles. The molecule has 0 fully saturated rings. The van der Waals surface area contributed by atoms with Crippen molar-refractivity contribution in [1.29, 1.82) is 0 Å². The molecule has 3 rings (SSSR count). The van der Waals surface area contributed by atoms with E-state index in [0.717, 1.165) is 21.4 Å². The van der Waals surface area contributed by atoms with E-state index in [2.05, 4.69) is 44.4 Å². The molecule has 0 aliphatic rings. The molecule has 0 atom stereocenters. The van der Waals surface area contributed by atoms with Gasteiger partial charge in [-0.3, -0.25) is 4.79 Å². The summed E-state index contributed by atoms with van der Waals surface area (Å²) in [5, 5.41) is 8.34. The number of amides is 1. The van der Waals surface area contributed by atoms with Gasteiger partial charge in [-0.15, -0.1) is 5.10 Å². The Bertz CT molecular complexity index is 915. The van der Waals surface area contributed by atoms with Crippen molar-refractivity contribution in [2.45, 2.75) is 26.8 Å². The predicted octanol–water partition coefficient (Wildman–Crippen LogP) is 3.85. The Morgan fingerprint density at radius 1 is 1.15 bits per heavy atom. The zero-order chi connectivity index (χ0) is 18.7. The average Bonchev–Trinajstić information content (AvgIpc) is 3.02. The highest BCUT2D eigenvalue weighted by molar-refractivity contribution is 9.10. The second-order valence-corrected chi connectivity index (χ2v) is 7.47. The highest BCUT2D eigenvalue weighted by Crippen LogP contribution is 2.15. The zero-order valence-corrected chi connectivity index (χ0v) is 16.7. The van der Waals surface area contributed by atoms with Crippen LogP contribution in [0, 0.1) is 13.8 Å². The Morgan fingerprint density at radius 3 is 2.58 bits per heavy atom. The summed E-state index contributed by atoms with van der Waals surface area (Å²) in [6.07, 6.45) is 2.24. The smallest absolute Gasteiger partial charge is 0.227 e. The highest BCUT2D eigenvalue weighted by atomic mass is 79.9.